The van der Waals surface area contributed by atoms with Gasteiger partial charge in [-0.3, -0.25) is 4.79 Å². The fraction of sp³-hybridized carbons (Fsp3) is 0.958. The Labute approximate surface area is 170 Å². The Hall–Kier alpha value is -0.610. The van der Waals surface area contributed by atoms with Crippen LogP contribution in [0.1, 0.15) is 91.4 Å². The summed E-state index contributed by atoms with van der Waals surface area (Å²) in [6.07, 6.45) is 11.5. The third kappa shape index (κ3) is 3.23. The summed E-state index contributed by atoms with van der Waals surface area (Å²) in [6.45, 7) is 7.35. The fourth-order valence-corrected chi connectivity index (χ4v) is 8.80. The molecule has 4 heteroatoms. The van der Waals surface area contributed by atoms with Crippen LogP contribution in [0.4, 0.5) is 0 Å². The van der Waals surface area contributed by atoms with E-state index in [0.717, 1.165) is 43.4 Å². The van der Waals surface area contributed by atoms with Crippen LogP contribution >= 0.6 is 0 Å². The number of aliphatic hydroxyl groups is 1. The minimum absolute atomic E-state index is 0.312. The number of nitrogens with two attached hydrogens (primary N) is 1. The predicted octanol–water partition coefficient (Wildman–Crippen LogP) is 4.79. The van der Waals surface area contributed by atoms with E-state index in [4.69, 9.17) is 10.8 Å². The van der Waals surface area contributed by atoms with Crippen molar-refractivity contribution in [1.82, 2.24) is 0 Å². The Morgan fingerprint density at radius 3 is 2.46 bits per heavy atom. The van der Waals surface area contributed by atoms with Crippen LogP contribution in [0.25, 0.3) is 0 Å². The molecule has 0 radical (unpaired) electrons. The molecule has 0 unspecified atom stereocenters. The molecule has 0 aromatic carbocycles. The summed E-state index contributed by atoms with van der Waals surface area (Å²) in [5.41, 5.74) is 5.93. The lowest BCUT2D eigenvalue weighted by Crippen LogP contribution is -2.58. The standard InChI is InChI=1S/C24H41NO3/c1-15(4-9-21(26)27)18-7-8-19-17-6-5-16-14-24(25,28)13-12-22(16,2)20(17)10-11-23(18,19)3/h15-20,28H,4-14,25H2,1-3H3,(H,26,27)/t15-,16-,17+,18-,19+,20+,22+,23-,24-/m1/s1. The van der Waals surface area contributed by atoms with Crippen LogP contribution in [0.5, 0.6) is 0 Å². The summed E-state index contributed by atoms with van der Waals surface area (Å²) in [7, 11) is 0. The first-order chi connectivity index (χ1) is 13.1. The second-order valence-corrected chi connectivity index (χ2v) is 11.6. The van der Waals surface area contributed by atoms with Crippen LogP contribution in [-0.4, -0.2) is 21.9 Å². The van der Waals surface area contributed by atoms with Gasteiger partial charge in [0.05, 0.1) is 0 Å². The van der Waals surface area contributed by atoms with Crippen molar-refractivity contribution in [1.29, 1.82) is 0 Å². The highest BCUT2D eigenvalue weighted by atomic mass is 16.4. The molecule has 4 saturated carbocycles. The minimum Gasteiger partial charge on any atom is -0.481 e. The molecule has 4 nitrogen and oxygen atoms in total. The quantitative estimate of drug-likeness (QED) is 0.601. The molecule has 0 bridgehead atoms. The van der Waals surface area contributed by atoms with E-state index < -0.39 is 11.7 Å². The zero-order valence-corrected chi connectivity index (χ0v) is 18.1. The van der Waals surface area contributed by atoms with Gasteiger partial charge in [0.1, 0.15) is 5.72 Å². The molecule has 28 heavy (non-hydrogen) atoms. The summed E-state index contributed by atoms with van der Waals surface area (Å²) in [4.78, 5) is 11.1. The monoisotopic (exact) mass is 391 g/mol. The van der Waals surface area contributed by atoms with Gasteiger partial charge in [-0.05, 0) is 111 Å². The second-order valence-electron chi connectivity index (χ2n) is 11.6. The summed E-state index contributed by atoms with van der Waals surface area (Å²) in [5.74, 6) is 3.53. The first-order valence-electron chi connectivity index (χ1n) is 11.8. The van der Waals surface area contributed by atoms with Crippen molar-refractivity contribution < 1.29 is 15.0 Å². The van der Waals surface area contributed by atoms with E-state index in [2.05, 4.69) is 20.8 Å². The molecule has 4 fully saturated rings. The molecule has 0 aliphatic heterocycles. The molecule has 0 heterocycles. The zero-order chi connectivity index (χ0) is 20.3. The van der Waals surface area contributed by atoms with Gasteiger partial charge < -0.3 is 15.9 Å². The lowest BCUT2D eigenvalue weighted by Gasteiger charge is -2.62. The van der Waals surface area contributed by atoms with Gasteiger partial charge in [0.25, 0.3) is 0 Å². The van der Waals surface area contributed by atoms with Crippen molar-refractivity contribution in [2.75, 3.05) is 0 Å². The van der Waals surface area contributed by atoms with E-state index in [9.17, 15) is 9.90 Å². The van der Waals surface area contributed by atoms with Crippen molar-refractivity contribution in [3.05, 3.63) is 0 Å². The van der Waals surface area contributed by atoms with Gasteiger partial charge in [0.15, 0.2) is 0 Å². The number of carboxylic acids is 1. The van der Waals surface area contributed by atoms with Gasteiger partial charge in [-0.1, -0.05) is 20.8 Å². The summed E-state index contributed by atoms with van der Waals surface area (Å²) < 4.78 is 0. The Morgan fingerprint density at radius 2 is 1.75 bits per heavy atom. The van der Waals surface area contributed by atoms with Crippen molar-refractivity contribution >= 4 is 5.97 Å². The van der Waals surface area contributed by atoms with Gasteiger partial charge >= 0.3 is 5.97 Å². The second kappa shape index (κ2) is 6.97. The molecule has 4 aliphatic carbocycles. The molecule has 4 N–H and O–H groups in total. The third-order valence-corrected chi connectivity index (χ3v) is 10.3. The third-order valence-electron chi connectivity index (χ3n) is 10.3. The highest BCUT2D eigenvalue weighted by molar-refractivity contribution is 5.66. The van der Waals surface area contributed by atoms with Crippen molar-refractivity contribution in [2.24, 2.45) is 52.1 Å². The molecule has 0 amide bonds. The maximum atomic E-state index is 11.1. The van der Waals surface area contributed by atoms with Gasteiger partial charge in [-0.25, -0.2) is 0 Å². The number of carboxylic acid groups (broad SMARTS) is 1. The van der Waals surface area contributed by atoms with Crippen LogP contribution < -0.4 is 5.73 Å². The number of aliphatic carboxylic acids is 1. The Kier molecular flexibility index (Phi) is 5.14. The SMILES string of the molecule is C[C@H](CCC(=O)O)[C@H]1CC[C@H]2[C@@H]3CC[C@@H]4C[C@](N)(O)CC[C@]4(C)[C@H]3CC[C@]12C. The maximum absolute atomic E-state index is 11.1. The number of carbonyl (C=O) groups is 1. The van der Waals surface area contributed by atoms with Crippen LogP contribution in [0.3, 0.4) is 0 Å². The molecule has 160 valence electrons. The molecular formula is C24H41NO3. The first kappa shape index (κ1) is 20.7. The van der Waals surface area contributed by atoms with E-state index in [1.54, 1.807) is 0 Å². The molecule has 0 aromatic heterocycles. The van der Waals surface area contributed by atoms with Gasteiger partial charge in [0, 0.05) is 6.42 Å². The highest BCUT2D eigenvalue weighted by Crippen LogP contribution is 2.68. The average molecular weight is 392 g/mol. The lowest BCUT2D eigenvalue weighted by molar-refractivity contribution is -0.151. The number of fused-ring (bicyclic) bond motifs is 5. The van der Waals surface area contributed by atoms with Crippen LogP contribution in [-0.2, 0) is 4.79 Å². The molecule has 0 spiro atoms. The number of hydrogen-bond acceptors (Lipinski definition) is 3. The Balaban J connectivity index is 1.51. The maximum Gasteiger partial charge on any atom is 0.303 e. The number of hydrogen-bond donors (Lipinski definition) is 3. The Bertz CT molecular complexity index is 619. The van der Waals surface area contributed by atoms with E-state index in [0.29, 0.717) is 35.0 Å². The average Bonchev–Trinajstić information content (AvgIpc) is 2.97. The van der Waals surface area contributed by atoms with Crippen LogP contribution in [0.2, 0.25) is 0 Å². The molecule has 0 saturated heterocycles. The molecule has 4 aliphatic rings. The first-order valence-corrected chi connectivity index (χ1v) is 11.8. The van der Waals surface area contributed by atoms with Crippen molar-refractivity contribution in [2.45, 2.75) is 97.1 Å². The molecular weight excluding hydrogens is 350 g/mol. The summed E-state index contributed by atoms with van der Waals surface area (Å²) in [5, 5.41) is 19.5. The fourth-order valence-electron chi connectivity index (χ4n) is 8.80. The van der Waals surface area contributed by atoms with Gasteiger partial charge in [0.2, 0.25) is 0 Å². The number of rotatable bonds is 4. The summed E-state index contributed by atoms with van der Waals surface area (Å²) in [6, 6.07) is 0. The van der Waals surface area contributed by atoms with E-state index in [1.165, 1.54) is 38.5 Å². The lowest BCUT2D eigenvalue weighted by atomic mass is 9.44. The minimum atomic E-state index is -0.946. The normalized spacial score (nSPS) is 51.7. The highest BCUT2D eigenvalue weighted by Gasteiger charge is 2.61. The predicted molar refractivity (Wildman–Crippen MR) is 110 cm³/mol. The Morgan fingerprint density at radius 1 is 1.04 bits per heavy atom. The van der Waals surface area contributed by atoms with E-state index in [-0.39, 0.29) is 0 Å². The van der Waals surface area contributed by atoms with Crippen LogP contribution in [0.15, 0.2) is 0 Å². The van der Waals surface area contributed by atoms with E-state index in [1.807, 2.05) is 0 Å². The van der Waals surface area contributed by atoms with Gasteiger partial charge in [-0.2, -0.15) is 0 Å². The van der Waals surface area contributed by atoms with Gasteiger partial charge in [-0.15, -0.1) is 0 Å². The van der Waals surface area contributed by atoms with Crippen LogP contribution in [0, 0.1) is 46.3 Å². The largest absolute Gasteiger partial charge is 0.481 e. The van der Waals surface area contributed by atoms with E-state index >= 15 is 0 Å². The topological polar surface area (TPSA) is 83.5 Å². The molecule has 9 atom stereocenters. The molecule has 0 aromatic rings. The zero-order valence-electron chi connectivity index (χ0n) is 18.1. The smallest absolute Gasteiger partial charge is 0.303 e. The van der Waals surface area contributed by atoms with Crippen molar-refractivity contribution in [3.8, 4) is 0 Å². The summed E-state index contributed by atoms with van der Waals surface area (Å²) >= 11 is 0. The molecule has 4 rings (SSSR count). The van der Waals surface area contributed by atoms with Crippen molar-refractivity contribution in [3.63, 3.8) is 0 Å².